The molecule has 2 N–H and O–H groups in total. The lowest BCUT2D eigenvalue weighted by atomic mass is 9.92. The maximum atomic E-state index is 13.2. The topological polar surface area (TPSA) is 105 Å². The number of rotatable bonds is 6. The summed E-state index contributed by atoms with van der Waals surface area (Å²) >= 11 is 0. The quantitative estimate of drug-likeness (QED) is 0.639. The molecule has 0 saturated carbocycles. The van der Waals surface area contributed by atoms with Crippen molar-refractivity contribution in [2.75, 3.05) is 30.3 Å². The van der Waals surface area contributed by atoms with E-state index in [1.54, 1.807) is 37.3 Å². The molecule has 0 atom stereocenters. The molecule has 8 nitrogen and oxygen atoms in total. The van der Waals surface area contributed by atoms with Crippen LogP contribution in [0.4, 0.5) is 16.2 Å². The van der Waals surface area contributed by atoms with Gasteiger partial charge >= 0.3 is 6.09 Å². The molecule has 0 bridgehead atoms. The Labute approximate surface area is 200 Å². The van der Waals surface area contributed by atoms with Crippen molar-refractivity contribution in [3.05, 3.63) is 53.6 Å². The van der Waals surface area contributed by atoms with E-state index in [1.165, 1.54) is 9.87 Å². The van der Waals surface area contributed by atoms with Gasteiger partial charge in [-0.25, -0.2) is 13.2 Å². The fourth-order valence-electron chi connectivity index (χ4n) is 4.54. The molecule has 2 aromatic rings. The number of hydrogen-bond donors (Lipinski definition) is 2. The zero-order valence-corrected chi connectivity index (χ0v) is 20.2. The minimum Gasteiger partial charge on any atom is -0.450 e. The molecule has 9 heteroatoms. The number of hydrogen-bond acceptors (Lipinski definition) is 5. The second-order valence-electron chi connectivity index (χ2n) is 8.73. The van der Waals surface area contributed by atoms with Crippen LogP contribution in [0.1, 0.15) is 43.7 Å². The lowest BCUT2D eigenvalue weighted by Crippen LogP contribution is -2.41. The summed E-state index contributed by atoms with van der Waals surface area (Å²) in [4.78, 5) is 24.6. The van der Waals surface area contributed by atoms with Gasteiger partial charge in [-0.15, -0.1) is 0 Å². The van der Waals surface area contributed by atoms with Gasteiger partial charge in [0.15, 0.2) is 0 Å². The predicted molar refractivity (Wildman–Crippen MR) is 130 cm³/mol. The molecular formula is C25H31N3O5S. The minimum absolute atomic E-state index is 0.128. The van der Waals surface area contributed by atoms with Crippen LogP contribution < -0.4 is 10.6 Å². The largest absolute Gasteiger partial charge is 0.450 e. The molecule has 0 radical (unpaired) electrons. The SMILES string of the molecule is CCOC(=O)Nc1ccc(NC(=O)C2CCN(S(=O)(=O)c3ccc4c(c3)CCCC4)CC2)cc1. The third-order valence-electron chi connectivity index (χ3n) is 6.46. The summed E-state index contributed by atoms with van der Waals surface area (Å²) in [7, 11) is -3.57. The Balaban J connectivity index is 1.31. The second kappa shape index (κ2) is 10.6. The van der Waals surface area contributed by atoms with Gasteiger partial charge in [-0.05, 0) is 93.0 Å². The van der Waals surface area contributed by atoms with Crippen LogP contribution in [-0.4, -0.2) is 44.4 Å². The summed E-state index contributed by atoms with van der Waals surface area (Å²) in [5.74, 6) is -0.385. The first-order valence-electron chi connectivity index (χ1n) is 11.8. The summed E-state index contributed by atoms with van der Waals surface area (Å²) in [6.45, 7) is 2.65. The molecule has 1 aliphatic carbocycles. The van der Waals surface area contributed by atoms with Crippen molar-refractivity contribution in [3.8, 4) is 0 Å². The first kappa shape index (κ1) is 24.2. The number of fused-ring (bicyclic) bond motifs is 1. The molecule has 1 heterocycles. The second-order valence-corrected chi connectivity index (χ2v) is 10.7. The molecule has 2 aliphatic rings. The average Bonchev–Trinajstić information content (AvgIpc) is 2.85. The molecular weight excluding hydrogens is 454 g/mol. The fourth-order valence-corrected chi connectivity index (χ4v) is 6.06. The Hall–Kier alpha value is -2.91. The molecule has 0 aromatic heterocycles. The van der Waals surface area contributed by atoms with Gasteiger partial charge in [0.2, 0.25) is 15.9 Å². The van der Waals surface area contributed by atoms with Crippen molar-refractivity contribution >= 4 is 33.4 Å². The summed E-state index contributed by atoms with van der Waals surface area (Å²) in [5, 5.41) is 5.49. The number of nitrogens with zero attached hydrogens (tertiary/aromatic N) is 1. The number of carbonyl (C=O) groups excluding carboxylic acids is 2. The Morgan fingerprint density at radius 1 is 0.941 bits per heavy atom. The van der Waals surface area contributed by atoms with Crippen molar-refractivity contribution in [1.82, 2.24) is 4.31 Å². The van der Waals surface area contributed by atoms with Gasteiger partial charge < -0.3 is 10.1 Å². The van der Waals surface area contributed by atoms with E-state index >= 15 is 0 Å². The lowest BCUT2D eigenvalue weighted by Gasteiger charge is -2.31. The molecule has 1 saturated heterocycles. The normalized spacial score (nSPS) is 17.0. The molecule has 1 fully saturated rings. The van der Waals surface area contributed by atoms with Gasteiger partial charge in [-0.2, -0.15) is 4.31 Å². The van der Waals surface area contributed by atoms with Gasteiger partial charge in [0.05, 0.1) is 11.5 Å². The van der Waals surface area contributed by atoms with E-state index in [0.717, 1.165) is 31.2 Å². The number of sulfonamides is 1. The zero-order chi connectivity index (χ0) is 24.1. The van der Waals surface area contributed by atoms with E-state index in [2.05, 4.69) is 10.6 Å². The molecule has 4 rings (SSSR count). The van der Waals surface area contributed by atoms with Gasteiger partial charge in [-0.1, -0.05) is 6.07 Å². The van der Waals surface area contributed by atoms with E-state index in [-0.39, 0.29) is 18.4 Å². The van der Waals surface area contributed by atoms with Crippen LogP contribution in [0.25, 0.3) is 0 Å². The maximum absolute atomic E-state index is 13.2. The van der Waals surface area contributed by atoms with E-state index in [4.69, 9.17) is 4.74 Å². The number of aryl methyl sites for hydroxylation is 2. The minimum atomic E-state index is -3.57. The van der Waals surface area contributed by atoms with Crippen LogP contribution in [0.5, 0.6) is 0 Å². The predicted octanol–water partition coefficient (Wildman–Crippen LogP) is 4.17. The van der Waals surface area contributed by atoms with Gasteiger partial charge in [0, 0.05) is 30.4 Å². The standard InChI is InChI=1S/C25H31N3O5S/c1-2-33-25(30)27-22-10-8-21(9-11-22)26-24(29)19-13-15-28(16-14-19)34(31,32)23-12-7-18-5-3-4-6-20(18)17-23/h7-12,17,19H,2-6,13-16H2,1H3,(H,26,29)(H,27,30). The monoisotopic (exact) mass is 485 g/mol. The number of carbonyl (C=O) groups is 2. The van der Waals surface area contributed by atoms with Crippen molar-refractivity contribution in [1.29, 1.82) is 0 Å². The summed E-state index contributed by atoms with van der Waals surface area (Å²) < 4.78 is 32.7. The van der Waals surface area contributed by atoms with Crippen molar-refractivity contribution < 1.29 is 22.7 Å². The van der Waals surface area contributed by atoms with Crippen LogP contribution in [0, 0.1) is 5.92 Å². The van der Waals surface area contributed by atoms with E-state index in [9.17, 15) is 18.0 Å². The maximum Gasteiger partial charge on any atom is 0.411 e. The number of anilines is 2. The molecule has 182 valence electrons. The molecule has 2 amide bonds. The number of nitrogens with one attached hydrogen (secondary N) is 2. The van der Waals surface area contributed by atoms with Crippen molar-refractivity contribution in [2.45, 2.75) is 50.3 Å². The third kappa shape index (κ3) is 5.59. The highest BCUT2D eigenvalue weighted by atomic mass is 32.2. The van der Waals surface area contributed by atoms with Gasteiger partial charge in [-0.3, -0.25) is 10.1 Å². The summed E-state index contributed by atoms with van der Waals surface area (Å²) in [6.07, 6.45) is 4.61. The van der Waals surface area contributed by atoms with Crippen molar-refractivity contribution in [3.63, 3.8) is 0 Å². The van der Waals surface area contributed by atoms with Gasteiger partial charge in [0.1, 0.15) is 0 Å². The molecule has 34 heavy (non-hydrogen) atoms. The van der Waals surface area contributed by atoms with Crippen LogP contribution in [0.15, 0.2) is 47.4 Å². The number of ether oxygens (including phenoxy) is 1. The Kier molecular flexibility index (Phi) is 7.53. The van der Waals surface area contributed by atoms with E-state index in [0.29, 0.717) is 42.2 Å². The highest BCUT2D eigenvalue weighted by molar-refractivity contribution is 7.89. The fraction of sp³-hybridized carbons (Fsp3) is 0.440. The first-order valence-corrected chi connectivity index (χ1v) is 13.3. The molecule has 2 aromatic carbocycles. The van der Waals surface area contributed by atoms with Crippen molar-refractivity contribution in [2.24, 2.45) is 5.92 Å². The van der Waals surface area contributed by atoms with E-state index in [1.807, 2.05) is 12.1 Å². The first-order chi connectivity index (χ1) is 16.4. The molecule has 0 unspecified atom stereocenters. The van der Waals surface area contributed by atoms with Crippen LogP contribution >= 0.6 is 0 Å². The summed E-state index contributed by atoms with van der Waals surface area (Å²) in [6, 6.07) is 12.3. The van der Waals surface area contributed by atoms with Crippen LogP contribution in [0.3, 0.4) is 0 Å². The summed E-state index contributed by atoms with van der Waals surface area (Å²) in [5.41, 5.74) is 3.58. The highest BCUT2D eigenvalue weighted by Crippen LogP contribution is 2.28. The van der Waals surface area contributed by atoms with Crippen LogP contribution in [-0.2, 0) is 32.4 Å². The lowest BCUT2D eigenvalue weighted by molar-refractivity contribution is -0.120. The highest BCUT2D eigenvalue weighted by Gasteiger charge is 2.32. The van der Waals surface area contributed by atoms with Gasteiger partial charge in [0.25, 0.3) is 0 Å². The van der Waals surface area contributed by atoms with Crippen LogP contribution in [0.2, 0.25) is 0 Å². The smallest absolute Gasteiger partial charge is 0.411 e. The Morgan fingerprint density at radius 2 is 1.56 bits per heavy atom. The molecule has 0 spiro atoms. The zero-order valence-electron chi connectivity index (χ0n) is 19.4. The Bertz CT molecular complexity index is 1140. The molecule has 1 aliphatic heterocycles. The number of piperidine rings is 1. The Morgan fingerprint density at radius 3 is 2.21 bits per heavy atom. The van der Waals surface area contributed by atoms with E-state index < -0.39 is 16.1 Å². The number of amides is 2. The average molecular weight is 486 g/mol. The number of benzene rings is 2. The third-order valence-corrected chi connectivity index (χ3v) is 8.35.